The van der Waals surface area contributed by atoms with Crippen molar-refractivity contribution in [2.75, 3.05) is 13.2 Å². The molecule has 0 heterocycles. The van der Waals surface area contributed by atoms with Crippen molar-refractivity contribution in [2.24, 2.45) is 5.73 Å². The van der Waals surface area contributed by atoms with Crippen molar-refractivity contribution in [3.8, 4) is 0 Å². The number of carbonyl (C=O) groups excluding carboxylic acids is 1. The molecule has 0 fully saturated rings. The van der Waals surface area contributed by atoms with Crippen LogP contribution in [0.25, 0.3) is 0 Å². The van der Waals surface area contributed by atoms with Gasteiger partial charge in [-0.05, 0) is 6.92 Å². The summed E-state index contributed by atoms with van der Waals surface area (Å²) < 4.78 is 31.5. The van der Waals surface area contributed by atoms with E-state index in [1.807, 2.05) is 5.32 Å². The summed E-state index contributed by atoms with van der Waals surface area (Å²) in [6.45, 7) is 3.89. The highest BCUT2D eigenvalue weighted by atomic mass is 19.4. The Balaban J connectivity index is 0. The number of nitrogens with two attached hydrogens (primary N) is 2. The van der Waals surface area contributed by atoms with Gasteiger partial charge in [0.1, 0.15) is 12.6 Å². The van der Waals surface area contributed by atoms with Gasteiger partial charge in [0.2, 0.25) is 0 Å². The SMILES string of the molecule is CC[NH2+]CN.O=C([O-])C(F)(F)F. The predicted octanol–water partition coefficient (Wildman–Crippen LogP) is -2.22. The first-order valence-corrected chi connectivity index (χ1v) is 3.16. The zero-order chi connectivity index (χ0) is 10.2. The fourth-order valence-electron chi connectivity index (χ4n) is 0.167. The lowest BCUT2D eigenvalue weighted by molar-refractivity contribution is -0.650. The van der Waals surface area contributed by atoms with Crippen molar-refractivity contribution in [1.29, 1.82) is 0 Å². The molecule has 0 aromatic carbocycles. The first-order valence-electron chi connectivity index (χ1n) is 3.16. The van der Waals surface area contributed by atoms with Gasteiger partial charge in [-0.1, -0.05) is 0 Å². The summed E-state index contributed by atoms with van der Waals surface area (Å²) >= 11 is 0. The van der Waals surface area contributed by atoms with Gasteiger partial charge < -0.3 is 15.2 Å². The predicted molar refractivity (Wildman–Crippen MR) is 32.6 cm³/mol. The highest BCUT2D eigenvalue weighted by molar-refractivity contribution is 5.70. The third-order valence-corrected chi connectivity index (χ3v) is 0.687. The smallest absolute Gasteiger partial charge is 0.430 e. The van der Waals surface area contributed by atoms with Crippen molar-refractivity contribution in [3.63, 3.8) is 0 Å². The maximum atomic E-state index is 10.5. The van der Waals surface area contributed by atoms with Gasteiger partial charge in [0.05, 0.1) is 6.54 Å². The number of quaternary nitrogens is 1. The van der Waals surface area contributed by atoms with Gasteiger partial charge in [-0.15, -0.1) is 0 Å². The Hall–Kier alpha value is -0.820. The molecule has 12 heavy (non-hydrogen) atoms. The van der Waals surface area contributed by atoms with Gasteiger partial charge in [0, 0.05) is 0 Å². The van der Waals surface area contributed by atoms with Crippen LogP contribution in [0.2, 0.25) is 0 Å². The van der Waals surface area contributed by atoms with E-state index in [-0.39, 0.29) is 0 Å². The number of aliphatic carboxylic acids is 1. The highest BCUT2D eigenvalue weighted by Crippen LogP contribution is 2.11. The van der Waals surface area contributed by atoms with Crippen molar-refractivity contribution in [2.45, 2.75) is 13.1 Å². The highest BCUT2D eigenvalue weighted by Gasteiger charge is 2.28. The Morgan fingerprint density at radius 2 is 1.92 bits per heavy atom. The molecule has 4 N–H and O–H groups in total. The van der Waals surface area contributed by atoms with E-state index in [0.717, 1.165) is 13.2 Å². The van der Waals surface area contributed by atoms with E-state index < -0.39 is 12.1 Å². The summed E-state index contributed by atoms with van der Waals surface area (Å²) in [6.07, 6.45) is -5.19. The molecular weight excluding hydrogens is 177 g/mol. The molecule has 0 spiro atoms. The number of carboxylic acid groups (broad SMARTS) is 1. The lowest BCUT2D eigenvalue weighted by atomic mass is 10.7. The number of hydrogen-bond donors (Lipinski definition) is 2. The number of hydrogen-bond acceptors (Lipinski definition) is 3. The van der Waals surface area contributed by atoms with Crippen molar-refractivity contribution >= 4 is 5.97 Å². The molecule has 0 amide bonds. The van der Waals surface area contributed by atoms with Gasteiger partial charge in [0.25, 0.3) is 0 Å². The quantitative estimate of drug-likeness (QED) is 0.482. The van der Waals surface area contributed by atoms with Crippen LogP contribution >= 0.6 is 0 Å². The molecule has 74 valence electrons. The summed E-state index contributed by atoms with van der Waals surface area (Å²) in [4.78, 5) is 8.78. The molecule has 7 heteroatoms. The Morgan fingerprint density at radius 3 is 1.92 bits per heavy atom. The van der Waals surface area contributed by atoms with E-state index in [0.29, 0.717) is 0 Å². The van der Waals surface area contributed by atoms with Gasteiger partial charge in [-0.25, -0.2) is 0 Å². The molecule has 0 aromatic heterocycles. The maximum Gasteiger partial charge on any atom is 0.430 e. The fraction of sp³-hybridized carbons (Fsp3) is 0.800. The Morgan fingerprint density at radius 1 is 1.58 bits per heavy atom. The second kappa shape index (κ2) is 6.86. The molecule has 4 nitrogen and oxygen atoms in total. The van der Waals surface area contributed by atoms with E-state index in [9.17, 15) is 13.2 Å². The number of rotatable bonds is 2. The molecule has 0 bridgehead atoms. The minimum atomic E-state index is -5.19. The molecule has 0 saturated heterocycles. The van der Waals surface area contributed by atoms with Crippen LogP contribution in [0.4, 0.5) is 13.2 Å². The molecule has 0 aromatic rings. The summed E-state index contributed by atoms with van der Waals surface area (Å²) in [7, 11) is 0. The van der Waals surface area contributed by atoms with E-state index in [1.54, 1.807) is 0 Å². The zero-order valence-electron chi connectivity index (χ0n) is 6.52. The van der Waals surface area contributed by atoms with Crippen LogP contribution in [0.3, 0.4) is 0 Å². The van der Waals surface area contributed by atoms with Gasteiger partial charge >= 0.3 is 6.18 Å². The molecular formula is C5H11F3N2O2. The van der Waals surface area contributed by atoms with Crippen LogP contribution in [0.15, 0.2) is 0 Å². The molecule has 0 radical (unpaired) electrons. The Bertz CT molecular complexity index is 124. The minimum absolute atomic E-state index is 0.719. The normalized spacial score (nSPS) is 10.1. The monoisotopic (exact) mass is 188 g/mol. The summed E-state index contributed by atoms with van der Waals surface area (Å²) in [5.41, 5.74) is 5.08. The molecule has 0 aliphatic rings. The average Bonchev–Trinajstić information content (AvgIpc) is 1.88. The van der Waals surface area contributed by atoms with Crippen LogP contribution in [-0.2, 0) is 4.79 Å². The van der Waals surface area contributed by atoms with E-state index in [4.69, 9.17) is 15.6 Å². The standard InChI is InChI=1S/C3H10N2.C2HF3O2/c1-2-5-3-4;3-2(4,5)1(6)7/h5H,2-4H2,1H3;(H,6,7). The lowest BCUT2D eigenvalue weighted by Gasteiger charge is -2.03. The number of halogens is 3. The largest absolute Gasteiger partial charge is 0.542 e. The maximum absolute atomic E-state index is 10.5. The van der Waals surface area contributed by atoms with Gasteiger partial charge in [0.15, 0.2) is 0 Å². The molecule has 0 aliphatic carbocycles. The van der Waals surface area contributed by atoms with Crippen LogP contribution in [0.1, 0.15) is 6.92 Å². The fourth-order valence-corrected chi connectivity index (χ4v) is 0.167. The van der Waals surface area contributed by atoms with E-state index in [1.165, 1.54) is 0 Å². The molecule has 0 unspecified atom stereocenters. The van der Waals surface area contributed by atoms with Gasteiger partial charge in [-0.3, -0.25) is 5.73 Å². The molecule has 0 saturated carbocycles. The van der Waals surface area contributed by atoms with E-state index >= 15 is 0 Å². The first kappa shape index (κ1) is 13.7. The van der Waals surface area contributed by atoms with E-state index in [2.05, 4.69) is 6.92 Å². The number of carbonyl (C=O) groups is 1. The summed E-state index contributed by atoms with van der Waals surface area (Å²) in [5, 5.41) is 10.8. The molecule has 0 rings (SSSR count). The summed E-state index contributed by atoms with van der Waals surface area (Å²) in [6, 6.07) is 0. The van der Waals surface area contributed by atoms with Crippen LogP contribution in [0.5, 0.6) is 0 Å². The van der Waals surface area contributed by atoms with Crippen LogP contribution < -0.4 is 16.2 Å². The second-order valence-corrected chi connectivity index (χ2v) is 1.72. The average molecular weight is 188 g/mol. The third-order valence-electron chi connectivity index (χ3n) is 0.687. The second-order valence-electron chi connectivity index (χ2n) is 1.72. The zero-order valence-corrected chi connectivity index (χ0v) is 6.52. The van der Waals surface area contributed by atoms with Crippen molar-refractivity contribution < 1.29 is 28.4 Å². The Labute approximate surface area is 67.5 Å². The number of alkyl halides is 3. The lowest BCUT2D eigenvalue weighted by Crippen LogP contribution is -2.86. The topological polar surface area (TPSA) is 82.8 Å². The van der Waals surface area contributed by atoms with Crippen molar-refractivity contribution in [3.05, 3.63) is 0 Å². The minimum Gasteiger partial charge on any atom is -0.542 e. The van der Waals surface area contributed by atoms with Crippen molar-refractivity contribution in [1.82, 2.24) is 0 Å². The van der Waals surface area contributed by atoms with Gasteiger partial charge in [-0.2, -0.15) is 13.2 Å². The third kappa shape index (κ3) is 11.9. The first-order chi connectivity index (χ1) is 5.36. The van der Waals surface area contributed by atoms with Crippen LogP contribution in [-0.4, -0.2) is 25.4 Å². The summed E-state index contributed by atoms with van der Waals surface area (Å²) in [5.74, 6) is -3.01. The molecule has 0 atom stereocenters. The Kier molecular flexibility index (Phi) is 7.86. The molecule has 0 aliphatic heterocycles. The number of carboxylic acids is 1. The van der Waals surface area contributed by atoms with Crippen LogP contribution in [0, 0.1) is 0 Å².